The van der Waals surface area contributed by atoms with Crippen LogP contribution in [0.4, 0.5) is 0 Å². The zero-order valence-electron chi connectivity index (χ0n) is 16.8. The zero-order valence-corrected chi connectivity index (χ0v) is 16.8. The van der Waals surface area contributed by atoms with Crippen LogP contribution in [-0.4, -0.2) is 49.0 Å². The van der Waals surface area contributed by atoms with E-state index in [1.807, 2.05) is 35.2 Å². The van der Waals surface area contributed by atoms with Crippen molar-refractivity contribution in [2.45, 2.75) is 19.3 Å². The predicted octanol–water partition coefficient (Wildman–Crippen LogP) is 3.15. The summed E-state index contributed by atoms with van der Waals surface area (Å²) in [7, 11) is 0. The minimum Gasteiger partial charge on any atom is -0.422 e. The van der Waals surface area contributed by atoms with E-state index in [1.54, 1.807) is 12.3 Å². The molecule has 9 heteroatoms. The van der Waals surface area contributed by atoms with Crippen LogP contribution >= 0.6 is 0 Å². The van der Waals surface area contributed by atoms with Crippen LogP contribution in [0, 0.1) is 0 Å². The summed E-state index contributed by atoms with van der Waals surface area (Å²) in [6.07, 6.45) is 9.64. The van der Waals surface area contributed by atoms with E-state index in [0.717, 1.165) is 31.5 Å². The molecule has 4 aromatic rings. The number of hydrogen-bond donors (Lipinski definition) is 2. The minimum absolute atomic E-state index is 0.108. The van der Waals surface area contributed by atoms with E-state index < -0.39 is 0 Å². The summed E-state index contributed by atoms with van der Waals surface area (Å²) in [6.45, 7) is 1.85. The number of likely N-dealkylation sites (tertiary alicyclic amines) is 1. The molecule has 0 bridgehead atoms. The molecule has 1 aliphatic heterocycles. The number of pyridine rings is 1. The molecule has 0 saturated carbocycles. The third kappa shape index (κ3) is 5.13. The molecule has 0 aliphatic carbocycles. The molecular weight excluding hydrogens is 396 g/mol. The number of carbonyl (C=O) groups is 1. The lowest BCUT2D eigenvalue weighted by molar-refractivity contribution is 0.0724. The fraction of sp³-hybridized carbons (Fsp3) is 0.227. The fourth-order valence-corrected chi connectivity index (χ4v) is 3.28. The minimum atomic E-state index is -0.268. The number of H-pyrrole nitrogens is 2. The molecule has 0 unspecified atom stereocenters. The summed E-state index contributed by atoms with van der Waals surface area (Å²) in [5.41, 5.74) is 1.03. The van der Waals surface area contributed by atoms with Crippen LogP contribution in [-0.2, 0) is 0 Å². The number of aromatic amines is 2. The van der Waals surface area contributed by atoms with Gasteiger partial charge in [-0.25, -0.2) is 0 Å². The van der Waals surface area contributed by atoms with Gasteiger partial charge in [0.2, 0.25) is 0 Å². The largest absolute Gasteiger partial charge is 0.422 e. The van der Waals surface area contributed by atoms with Crippen LogP contribution in [0.15, 0.2) is 66.0 Å². The monoisotopic (exact) mass is 418 g/mol. The van der Waals surface area contributed by atoms with Gasteiger partial charge in [0, 0.05) is 24.8 Å². The third-order valence-corrected chi connectivity index (χ3v) is 4.84. The van der Waals surface area contributed by atoms with Crippen molar-refractivity contribution < 1.29 is 9.53 Å². The highest BCUT2D eigenvalue weighted by Crippen LogP contribution is 2.16. The van der Waals surface area contributed by atoms with Crippen LogP contribution < -0.4 is 10.3 Å². The lowest BCUT2D eigenvalue weighted by atomic mass is 10.1. The van der Waals surface area contributed by atoms with Crippen molar-refractivity contribution in [3.05, 3.63) is 77.1 Å². The lowest BCUT2D eigenvalue weighted by Gasteiger charge is -2.26. The number of rotatable bonds is 3. The van der Waals surface area contributed by atoms with Crippen molar-refractivity contribution in [1.29, 1.82) is 0 Å². The summed E-state index contributed by atoms with van der Waals surface area (Å²) in [5, 5.41) is 6.79. The molecule has 9 nitrogen and oxygen atoms in total. The highest BCUT2D eigenvalue weighted by Gasteiger charge is 2.17. The highest BCUT2D eigenvalue weighted by molar-refractivity contribution is 5.94. The molecule has 31 heavy (non-hydrogen) atoms. The molecule has 158 valence electrons. The van der Waals surface area contributed by atoms with E-state index >= 15 is 0 Å². The number of fused-ring (bicyclic) bond motifs is 1. The van der Waals surface area contributed by atoms with Crippen LogP contribution in [0.2, 0.25) is 0 Å². The maximum atomic E-state index is 11.9. The molecule has 1 aromatic carbocycles. The molecule has 5 rings (SSSR count). The first-order valence-electron chi connectivity index (χ1n) is 10.1. The van der Waals surface area contributed by atoms with Crippen molar-refractivity contribution >= 4 is 16.8 Å². The topological polar surface area (TPSA) is 117 Å². The second kappa shape index (κ2) is 9.66. The Bertz CT molecular complexity index is 1180. The van der Waals surface area contributed by atoms with E-state index in [-0.39, 0.29) is 17.5 Å². The number of aromatic nitrogens is 5. The van der Waals surface area contributed by atoms with Crippen LogP contribution in [0.1, 0.15) is 29.6 Å². The Kier molecular flexibility index (Phi) is 6.32. The van der Waals surface area contributed by atoms with Gasteiger partial charge in [-0.3, -0.25) is 24.7 Å². The number of hydrogen-bond acceptors (Lipinski definition) is 6. The summed E-state index contributed by atoms with van der Waals surface area (Å²) < 4.78 is 5.32. The van der Waals surface area contributed by atoms with Crippen molar-refractivity contribution in [3.63, 3.8) is 0 Å². The average Bonchev–Trinajstić information content (AvgIpc) is 3.33. The first-order valence-corrected chi connectivity index (χ1v) is 10.1. The average molecular weight is 418 g/mol. The Hall–Kier alpha value is -4.01. The number of nitrogens with zero attached hydrogens (tertiary/aromatic N) is 4. The van der Waals surface area contributed by atoms with E-state index in [2.05, 4.69) is 25.1 Å². The lowest BCUT2D eigenvalue weighted by Crippen LogP contribution is -2.35. The third-order valence-electron chi connectivity index (χ3n) is 4.84. The Morgan fingerprint density at radius 3 is 2.58 bits per heavy atom. The van der Waals surface area contributed by atoms with E-state index in [4.69, 9.17) is 4.74 Å². The molecule has 1 aliphatic rings. The Labute approximate surface area is 178 Å². The van der Waals surface area contributed by atoms with Crippen LogP contribution in [0.3, 0.4) is 0 Å². The number of amides is 1. The number of piperidine rings is 1. The van der Waals surface area contributed by atoms with Crippen LogP contribution in [0.5, 0.6) is 11.8 Å². The molecule has 3 aromatic heterocycles. The van der Waals surface area contributed by atoms with Gasteiger partial charge in [0.25, 0.3) is 11.5 Å². The fourth-order valence-electron chi connectivity index (χ4n) is 3.28. The Balaban J connectivity index is 0.000000152. The summed E-state index contributed by atoms with van der Waals surface area (Å²) in [6, 6.07) is 11.2. The van der Waals surface area contributed by atoms with Crippen LogP contribution in [0.25, 0.3) is 10.9 Å². The molecule has 1 saturated heterocycles. The van der Waals surface area contributed by atoms with E-state index in [1.165, 1.54) is 25.0 Å². The van der Waals surface area contributed by atoms with Gasteiger partial charge in [-0.2, -0.15) is 10.1 Å². The number of carbonyl (C=O) groups excluding carboxylic acids is 1. The van der Waals surface area contributed by atoms with Crippen molar-refractivity contribution in [2.24, 2.45) is 0 Å². The smallest absolute Gasteiger partial charge is 0.302 e. The normalized spacial score (nSPS) is 13.4. The number of nitrogens with one attached hydrogen (secondary N) is 2. The van der Waals surface area contributed by atoms with E-state index in [0.29, 0.717) is 16.7 Å². The van der Waals surface area contributed by atoms with Crippen molar-refractivity contribution in [1.82, 2.24) is 30.0 Å². The predicted molar refractivity (Wildman–Crippen MR) is 115 cm³/mol. The SMILES string of the molecule is O=C(c1ccccc1)N1CCCCC1.O=c1[nH]c(Oc2cn[nH]c2)nc2cnccc12. The van der Waals surface area contributed by atoms with Gasteiger partial charge in [-0.1, -0.05) is 18.2 Å². The second-order valence-electron chi connectivity index (χ2n) is 7.02. The summed E-state index contributed by atoms with van der Waals surface area (Å²) >= 11 is 0. The summed E-state index contributed by atoms with van der Waals surface area (Å²) in [5.74, 6) is 0.654. The van der Waals surface area contributed by atoms with Gasteiger partial charge < -0.3 is 9.64 Å². The molecule has 0 spiro atoms. The maximum Gasteiger partial charge on any atom is 0.302 e. The van der Waals surface area contributed by atoms with Gasteiger partial charge in [0.05, 0.1) is 29.5 Å². The first kappa shape index (κ1) is 20.3. The molecule has 0 atom stereocenters. The standard InChI is InChI=1S/C12H15NO.C10H7N5O2/c14-12(11-7-3-1-4-8-11)13-9-5-2-6-10-13;16-9-7-1-2-11-5-8(7)14-10(15-9)17-6-3-12-13-4-6/h1,3-4,7-8H,2,5-6,9-10H2;1-5H,(H,12,13)(H,14,15,16). The molecular formula is C22H22N6O3. The first-order chi connectivity index (χ1) is 15.2. The van der Waals surface area contributed by atoms with Gasteiger partial charge in [0.15, 0.2) is 5.75 Å². The van der Waals surface area contributed by atoms with Gasteiger partial charge in [-0.05, 0) is 37.5 Å². The van der Waals surface area contributed by atoms with Crippen molar-refractivity contribution in [3.8, 4) is 11.8 Å². The highest BCUT2D eigenvalue weighted by atomic mass is 16.5. The Morgan fingerprint density at radius 2 is 1.84 bits per heavy atom. The van der Waals surface area contributed by atoms with Gasteiger partial charge >= 0.3 is 6.01 Å². The molecule has 4 heterocycles. The number of benzene rings is 1. The molecule has 2 N–H and O–H groups in total. The van der Waals surface area contributed by atoms with Gasteiger partial charge in [0.1, 0.15) is 0 Å². The van der Waals surface area contributed by atoms with Gasteiger partial charge in [-0.15, -0.1) is 0 Å². The summed E-state index contributed by atoms with van der Waals surface area (Å²) in [4.78, 5) is 36.1. The number of ether oxygens (including phenoxy) is 1. The second-order valence-corrected chi connectivity index (χ2v) is 7.02. The molecule has 1 fully saturated rings. The quantitative estimate of drug-likeness (QED) is 0.528. The van der Waals surface area contributed by atoms with Crippen molar-refractivity contribution in [2.75, 3.05) is 13.1 Å². The van der Waals surface area contributed by atoms with E-state index in [9.17, 15) is 9.59 Å². The zero-order chi connectivity index (χ0) is 21.5. The Morgan fingerprint density at radius 1 is 1.03 bits per heavy atom. The molecule has 0 radical (unpaired) electrons. The molecule has 1 amide bonds. The maximum absolute atomic E-state index is 11.9.